The van der Waals surface area contributed by atoms with Gasteiger partial charge in [0.05, 0.1) is 5.71 Å². The van der Waals surface area contributed by atoms with E-state index in [1.807, 2.05) is 0 Å². The van der Waals surface area contributed by atoms with Crippen molar-refractivity contribution in [3.8, 4) is 0 Å². The fraction of sp³-hybridized carbons (Fsp3) is 0.741. The number of ketones is 1. The van der Waals surface area contributed by atoms with E-state index in [0.717, 1.165) is 44.2 Å². The van der Waals surface area contributed by atoms with Crippen LogP contribution in [0.15, 0.2) is 16.8 Å². The molecule has 8 nitrogen and oxygen atoms in total. The molecule has 8 heteroatoms. The van der Waals surface area contributed by atoms with E-state index in [0.29, 0.717) is 28.6 Å². The third kappa shape index (κ3) is 4.02. The Balaban J connectivity index is 1.22. The minimum atomic E-state index is -0.822. The van der Waals surface area contributed by atoms with Gasteiger partial charge in [0.25, 0.3) is 11.8 Å². The number of amides is 2. The van der Waals surface area contributed by atoms with Gasteiger partial charge in [-0.2, -0.15) is 0 Å². The summed E-state index contributed by atoms with van der Waals surface area (Å²) in [6, 6.07) is 0. The highest BCUT2D eigenvalue weighted by Crippen LogP contribution is 2.66. The number of fused-ring (bicyclic) bond motifs is 5. The van der Waals surface area contributed by atoms with Crippen LogP contribution < -0.4 is 0 Å². The molecule has 35 heavy (non-hydrogen) atoms. The van der Waals surface area contributed by atoms with Crippen LogP contribution in [0.1, 0.15) is 85.0 Å². The molecule has 0 aromatic rings. The van der Waals surface area contributed by atoms with Crippen LogP contribution in [0.3, 0.4) is 0 Å². The molecule has 5 aliphatic rings. The largest absolute Gasteiger partial charge is 0.383 e. The molecular weight excluding hydrogens is 448 g/mol. The van der Waals surface area contributed by atoms with E-state index in [1.54, 1.807) is 6.92 Å². The van der Waals surface area contributed by atoms with E-state index in [9.17, 15) is 19.2 Å². The summed E-state index contributed by atoms with van der Waals surface area (Å²) in [5, 5.41) is 4.69. The molecule has 1 aliphatic heterocycles. The van der Waals surface area contributed by atoms with Crippen LogP contribution in [0, 0.1) is 34.5 Å². The zero-order valence-electron chi connectivity index (χ0n) is 21.0. The number of hydroxylamine groups is 2. The minimum Gasteiger partial charge on any atom is -0.383 e. The van der Waals surface area contributed by atoms with E-state index < -0.39 is 24.4 Å². The Hall–Kier alpha value is -2.51. The first-order valence-electron chi connectivity index (χ1n) is 13.1. The van der Waals surface area contributed by atoms with Crippen molar-refractivity contribution in [2.45, 2.75) is 85.0 Å². The lowest BCUT2D eigenvalue weighted by atomic mass is 9.46. The highest BCUT2D eigenvalue weighted by molar-refractivity contribution is 6.01. The average Bonchev–Trinajstić information content (AvgIpc) is 3.33. The zero-order chi connectivity index (χ0) is 25.0. The normalized spacial score (nSPS) is 39.6. The number of carbonyl (C=O) groups is 4. The molecule has 0 aromatic carbocycles. The molecule has 0 aromatic heterocycles. The summed E-state index contributed by atoms with van der Waals surface area (Å²) in [6.45, 7) is 6.12. The van der Waals surface area contributed by atoms with Crippen LogP contribution in [0.2, 0.25) is 0 Å². The Morgan fingerprint density at radius 3 is 2.46 bits per heavy atom. The van der Waals surface area contributed by atoms with Crippen molar-refractivity contribution in [2.75, 3.05) is 6.61 Å². The quantitative estimate of drug-likeness (QED) is 0.429. The second kappa shape index (κ2) is 8.86. The Morgan fingerprint density at radius 2 is 1.74 bits per heavy atom. The fourth-order valence-corrected chi connectivity index (χ4v) is 8.26. The minimum absolute atomic E-state index is 0.0563. The second-order valence-corrected chi connectivity index (χ2v) is 11.7. The van der Waals surface area contributed by atoms with Crippen molar-refractivity contribution >= 4 is 29.3 Å². The second-order valence-electron chi connectivity index (χ2n) is 11.7. The molecule has 0 bridgehead atoms. The molecule has 1 saturated heterocycles. The molecule has 4 fully saturated rings. The van der Waals surface area contributed by atoms with Gasteiger partial charge in [0, 0.05) is 18.8 Å². The number of rotatable bonds is 5. The molecule has 4 aliphatic carbocycles. The third-order valence-corrected chi connectivity index (χ3v) is 10.0. The first-order chi connectivity index (χ1) is 16.6. The van der Waals surface area contributed by atoms with Crippen LogP contribution in [-0.4, -0.2) is 40.9 Å². The van der Waals surface area contributed by atoms with Gasteiger partial charge >= 0.3 is 5.97 Å². The van der Waals surface area contributed by atoms with Gasteiger partial charge in [-0.1, -0.05) is 24.6 Å². The molecule has 3 saturated carbocycles. The van der Waals surface area contributed by atoms with Gasteiger partial charge in [0.1, 0.15) is 5.78 Å². The van der Waals surface area contributed by atoms with Gasteiger partial charge in [0.2, 0.25) is 6.61 Å². The SMILES string of the molecule is CC(=O)[C@H]1CC[C@H]2[C@H]3CCC4=C/C(=N/OCC(=O)ON5C(=O)CCC5=O)CC[C@]4(C)[C@@H]3CC[C@]12C. The standard InChI is InChI=1S/C27H36N2O6/c1-16(30)20-6-7-21-19-5-4-17-14-18(10-12-26(17,2)22(19)11-13-27(20,21)3)28-34-15-25(33)35-29-23(31)8-9-24(29)32/h14,19-22H,4-13,15H2,1-3H3/b28-18+/t19-,20-,21+,22-,26+,27-/m1/s1. The van der Waals surface area contributed by atoms with Crippen LogP contribution in [0.4, 0.5) is 0 Å². The predicted octanol–water partition coefficient (Wildman–Crippen LogP) is 4.13. The molecule has 0 radical (unpaired) electrons. The molecule has 0 spiro atoms. The fourth-order valence-electron chi connectivity index (χ4n) is 8.26. The van der Waals surface area contributed by atoms with E-state index in [-0.39, 0.29) is 29.6 Å². The predicted molar refractivity (Wildman–Crippen MR) is 126 cm³/mol. The summed E-state index contributed by atoms with van der Waals surface area (Å²) >= 11 is 0. The molecular formula is C27H36N2O6. The van der Waals surface area contributed by atoms with Gasteiger partial charge in [-0.25, -0.2) is 4.79 Å². The third-order valence-electron chi connectivity index (χ3n) is 10.0. The highest BCUT2D eigenvalue weighted by atomic mass is 16.7. The average molecular weight is 485 g/mol. The molecule has 0 unspecified atom stereocenters. The van der Waals surface area contributed by atoms with E-state index in [2.05, 4.69) is 25.1 Å². The maximum absolute atomic E-state index is 12.3. The lowest BCUT2D eigenvalue weighted by Crippen LogP contribution is -2.51. The molecule has 5 rings (SSSR count). The number of hydrogen-bond donors (Lipinski definition) is 0. The Morgan fingerprint density at radius 1 is 1.00 bits per heavy atom. The number of carbonyl (C=O) groups excluding carboxylic acids is 4. The van der Waals surface area contributed by atoms with Crippen molar-refractivity contribution in [2.24, 2.45) is 39.7 Å². The van der Waals surface area contributed by atoms with Crippen molar-refractivity contribution < 1.29 is 28.9 Å². The van der Waals surface area contributed by atoms with E-state index >= 15 is 0 Å². The van der Waals surface area contributed by atoms with Gasteiger partial charge in [-0.05, 0) is 93.0 Å². The maximum Gasteiger partial charge on any atom is 0.373 e. The van der Waals surface area contributed by atoms with Crippen molar-refractivity contribution in [3.05, 3.63) is 11.6 Å². The number of nitrogens with zero attached hydrogens (tertiary/aromatic N) is 2. The van der Waals surface area contributed by atoms with Crippen LogP contribution in [0.25, 0.3) is 0 Å². The Bertz CT molecular complexity index is 1000. The van der Waals surface area contributed by atoms with Crippen molar-refractivity contribution in [3.63, 3.8) is 0 Å². The number of hydrogen-bond acceptors (Lipinski definition) is 7. The summed E-state index contributed by atoms with van der Waals surface area (Å²) < 4.78 is 0. The zero-order valence-corrected chi connectivity index (χ0v) is 21.0. The number of Topliss-reactive ketones (excluding diaryl/α,β-unsaturated/α-hetero) is 1. The molecule has 190 valence electrons. The number of oxime groups is 1. The Labute approximate surface area is 206 Å². The molecule has 1 heterocycles. The van der Waals surface area contributed by atoms with Gasteiger partial charge < -0.3 is 9.68 Å². The first-order valence-corrected chi connectivity index (χ1v) is 13.1. The topological polar surface area (TPSA) is 102 Å². The summed E-state index contributed by atoms with van der Waals surface area (Å²) in [6.07, 6.45) is 10.8. The summed E-state index contributed by atoms with van der Waals surface area (Å²) in [7, 11) is 0. The lowest BCUT2D eigenvalue weighted by molar-refractivity contribution is -0.200. The molecule has 2 amide bonds. The molecule has 0 N–H and O–H groups in total. The van der Waals surface area contributed by atoms with Crippen LogP contribution in [0.5, 0.6) is 0 Å². The summed E-state index contributed by atoms with van der Waals surface area (Å²) in [5.41, 5.74) is 2.55. The van der Waals surface area contributed by atoms with Crippen LogP contribution in [-0.2, 0) is 28.9 Å². The summed E-state index contributed by atoms with van der Waals surface area (Å²) in [5.74, 6) is 0.716. The number of allylic oxidation sites excluding steroid dienone is 2. The van der Waals surface area contributed by atoms with Gasteiger partial charge in [-0.3, -0.25) is 14.4 Å². The van der Waals surface area contributed by atoms with Crippen molar-refractivity contribution in [1.82, 2.24) is 5.06 Å². The van der Waals surface area contributed by atoms with Crippen molar-refractivity contribution in [1.29, 1.82) is 0 Å². The monoisotopic (exact) mass is 484 g/mol. The van der Waals surface area contributed by atoms with E-state index in [4.69, 9.17) is 9.68 Å². The van der Waals surface area contributed by atoms with Gasteiger partial charge in [-0.15, -0.1) is 5.06 Å². The molecule has 6 atom stereocenters. The highest BCUT2D eigenvalue weighted by Gasteiger charge is 2.59. The van der Waals surface area contributed by atoms with E-state index in [1.165, 1.54) is 18.4 Å². The van der Waals surface area contributed by atoms with Crippen LogP contribution >= 0.6 is 0 Å². The maximum atomic E-state index is 12.3. The lowest BCUT2D eigenvalue weighted by Gasteiger charge is -2.58. The summed E-state index contributed by atoms with van der Waals surface area (Å²) in [4.78, 5) is 57.5. The number of imide groups is 1. The Kier molecular flexibility index (Phi) is 6.12. The smallest absolute Gasteiger partial charge is 0.373 e. The van der Waals surface area contributed by atoms with Gasteiger partial charge in [0.15, 0.2) is 0 Å². The first kappa shape index (κ1) is 24.2.